The summed E-state index contributed by atoms with van der Waals surface area (Å²) in [5.41, 5.74) is 3.21. The number of carbonyl (C=O) groups is 5. The van der Waals surface area contributed by atoms with Crippen molar-refractivity contribution in [1.82, 2.24) is 31.1 Å². The van der Waals surface area contributed by atoms with Gasteiger partial charge in [0, 0.05) is 32.1 Å². The Morgan fingerprint density at radius 2 is 1.51 bits per heavy atom. The molecule has 0 aromatic heterocycles. The first-order valence-corrected chi connectivity index (χ1v) is 17.2. The second-order valence-corrected chi connectivity index (χ2v) is 14.0. The summed E-state index contributed by atoms with van der Waals surface area (Å²) in [6, 6.07) is 11.9. The molecule has 266 valence electrons. The first kappa shape index (κ1) is 37.4. The van der Waals surface area contributed by atoms with Gasteiger partial charge in [-0.05, 0) is 60.4 Å². The highest BCUT2D eigenvalue weighted by Crippen LogP contribution is 2.19. The second-order valence-electron chi connectivity index (χ2n) is 14.0. The van der Waals surface area contributed by atoms with E-state index in [1.165, 1.54) is 16.0 Å². The van der Waals surface area contributed by atoms with Crippen molar-refractivity contribution in [1.29, 1.82) is 0 Å². The van der Waals surface area contributed by atoms with Crippen LogP contribution in [0.5, 0.6) is 5.75 Å². The SMILES string of the molecule is COc1ccc(C[C@@H]2NC(=O)[C@H](CC(C)C)NC(=O)CN(C(=O)CN3CCc4ccccc4C3)C[C@H](C(C)C)NC(=O)[C@@H](C)NC2=O)cc1. The molecule has 2 aromatic carbocycles. The van der Waals surface area contributed by atoms with E-state index in [0.717, 1.165) is 12.0 Å². The average molecular weight is 677 g/mol. The number of fused-ring (bicyclic) bond motifs is 1. The van der Waals surface area contributed by atoms with Crippen LogP contribution in [0.15, 0.2) is 48.5 Å². The summed E-state index contributed by atoms with van der Waals surface area (Å²) in [5, 5.41) is 11.5. The molecule has 2 aliphatic rings. The van der Waals surface area contributed by atoms with Crippen LogP contribution >= 0.6 is 0 Å². The van der Waals surface area contributed by atoms with E-state index in [9.17, 15) is 24.0 Å². The van der Waals surface area contributed by atoms with Crippen LogP contribution in [0.1, 0.15) is 57.7 Å². The molecule has 1 saturated heterocycles. The van der Waals surface area contributed by atoms with Gasteiger partial charge in [0.2, 0.25) is 29.5 Å². The number of amides is 5. The zero-order chi connectivity index (χ0) is 35.7. The highest BCUT2D eigenvalue weighted by molar-refractivity contribution is 5.95. The molecule has 5 amide bonds. The lowest BCUT2D eigenvalue weighted by atomic mass is 10.00. The topological polar surface area (TPSA) is 149 Å². The molecule has 4 atom stereocenters. The zero-order valence-corrected chi connectivity index (χ0v) is 29.6. The fourth-order valence-corrected chi connectivity index (χ4v) is 6.18. The van der Waals surface area contributed by atoms with E-state index in [-0.39, 0.29) is 43.8 Å². The molecular weight excluding hydrogens is 624 g/mol. The van der Waals surface area contributed by atoms with E-state index in [1.807, 2.05) is 39.8 Å². The van der Waals surface area contributed by atoms with Crippen LogP contribution in [0.25, 0.3) is 0 Å². The van der Waals surface area contributed by atoms with E-state index in [1.54, 1.807) is 38.3 Å². The van der Waals surface area contributed by atoms with Crippen LogP contribution in [0.4, 0.5) is 0 Å². The van der Waals surface area contributed by atoms with Gasteiger partial charge in [-0.25, -0.2) is 0 Å². The van der Waals surface area contributed by atoms with Crippen LogP contribution in [-0.4, -0.2) is 96.8 Å². The Morgan fingerprint density at radius 1 is 0.837 bits per heavy atom. The van der Waals surface area contributed by atoms with E-state index >= 15 is 0 Å². The number of hydrogen-bond donors (Lipinski definition) is 4. The van der Waals surface area contributed by atoms with Gasteiger partial charge >= 0.3 is 0 Å². The number of ether oxygens (including phenoxy) is 1. The lowest BCUT2D eigenvalue weighted by Crippen LogP contribution is -2.57. The summed E-state index contributed by atoms with van der Waals surface area (Å²) < 4.78 is 5.25. The van der Waals surface area contributed by atoms with Crippen LogP contribution in [0, 0.1) is 11.8 Å². The summed E-state index contributed by atoms with van der Waals surface area (Å²) in [6.45, 7) is 10.6. The van der Waals surface area contributed by atoms with E-state index < -0.39 is 47.8 Å². The third-order valence-electron chi connectivity index (χ3n) is 9.15. The molecule has 2 aliphatic heterocycles. The third-order valence-corrected chi connectivity index (χ3v) is 9.15. The molecule has 0 aliphatic carbocycles. The molecule has 4 rings (SSSR count). The monoisotopic (exact) mass is 676 g/mol. The van der Waals surface area contributed by atoms with Gasteiger partial charge in [0.15, 0.2) is 0 Å². The highest BCUT2D eigenvalue weighted by Gasteiger charge is 2.33. The van der Waals surface area contributed by atoms with Crippen molar-refractivity contribution in [2.45, 2.75) is 84.6 Å². The average Bonchev–Trinajstić information content (AvgIpc) is 3.06. The van der Waals surface area contributed by atoms with Gasteiger partial charge in [-0.2, -0.15) is 0 Å². The minimum Gasteiger partial charge on any atom is -0.497 e. The molecule has 2 heterocycles. The highest BCUT2D eigenvalue weighted by atomic mass is 16.5. The standard InChI is InChI=1S/C37H52N6O6/c1-23(2)17-30-37(48)40-31(18-26-11-13-29(49-6)14-12-26)36(47)38-25(5)35(46)41-32(24(3)4)20-43(21-33(44)39-30)34(45)22-42-16-15-27-9-7-8-10-28(27)19-42/h7-14,23-25,30-32H,15-22H2,1-6H3,(H,38,47)(H,39,44)(H,40,48)(H,41,46)/t25-,30+,31+,32-/m1/s1. The van der Waals surface area contributed by atoms with Crippen LogP contribution < -0.4 is 26.0 Å². The fraction of sp³-hybridized carbons (Fsp3) is 0.541. The molecule has 12 nitrogen and oxygen atoms in total. The first-order valence-electron chi connectivity index (χ1n) is 17.2. The van der Waals surface area contributed by atoms with Crippen molar-refractivity contribution in [3.63, 3.8) is 0 Å². The Balaban J connectivity index is 1.60. The van der Waals surface area contributed by atoms with Crippen LogP contribution in [-0.2, 0) is 43.4 Å². The molecular formula is C37H52N6O6. The smallest absolute Gasteiger partial charge is 0.243 e. The minimum atomic E-state index is -1.03. The second kappa shape index (κ2) is 17.3. The summed E-state index contributed by atoms with van der Waals surface area (Å²) in [4.78, 5) is 71.9. The molecule has 4 N–H and O–H groups in total. The lowest BCUT2D eigenvalue weighted by molar-refractivity contribution is -0.139. The van der Waals surface area contributed by atoms with Crippen molar-refractivity contribution in [2.24, 2.45) is 11.8 Å². The number of methoxy groups -OCH3 is 1. The number of nitrogens with zero attached hydrogens (tertiary/aromatic N) is 2. The molecule has 0 spiro atoms. The number of nitrogens with one attached hydrogen (secondary N) is 4. The maximum absolute atomic E-state index is 13.9. The minimum absolute atomic E-state index is 0.0406. The van der Waals surface area contributed by atoms with E-state index in [4.69, 9.17) is 4.74 Å². The Morgan fingerprint density at radius 3 is 2.16 bits per heavy atom. The van der Waals surface area contributed by atoms with E-state index in [0.29, 0.717) is 25.3 Å². The van der Waals surface area contributed by atoms with Gasteiger partial charge in [-0.1, -0.05) is 64.1 Å². The van der Waals surface area contributed by atoms with Crippen LogP contribution in [0.2, 0.25) is 0 Å². The Bertz CT molecular complexity index is 1480. The molecule has 0 saturated carbocycles. The molecule has 0 unspecified atom stereocenters. The number of benzene rings is 2. The van der Waals surface area contributed by atoms with Gasteiger partial charge in [0.05, 0.1) is 20.2 Å². The van der Waals surface area contributed by atoms with Crippen molar-refractivity contribution in [3.05, 3.63) is 65.2 Å². The fourth-order valence-electron chi connectivity index (χ4n) is 6.18. The zero-order valence-electron chi connectivity index (χ0n) is 29.6. The van der Waals surface area contributed by atoms with Gasteiger partial charge in [-0.3, -0.25) is 28.9 Å². The Labute approximate surface area is 289 Å². The first-order chi connectivity index (χ1) is 23.3. The quantitative estimate of drug-likeness (QED) is 0.333. The predicted molar refractivity (Wildman–Crippen MR) is 186 cm³/mol. The van der Waals surface area contributed by atoms with E-state index in [2.05, 4.69) is 38.3 Å². The van der Waals surface area contributed by atoms with Gasteiger partial charge in [0.25, 0.3) is 0 Å². The predicted octanol–water partition coefficient (Wildman–Crippen LogP) is 1.80. The summed E-state index contributed by atoms with van der Waals surface area (Å²) >= 11 is 0. The maximum atomic E-state index is 13.9. The van der Waals surface area contributed by atoms with Crippen molar-refractivity contribution >= 4 is 29.5 Å². The normalized spacial score (nSPS) is 23.1. The maximum Gasteiger partial charge on any atom is 0.243 e. The summed E-state index contributed by atoms with van der Waals surface area (Å²) in [7, 11) is 1.56. The number of rotatable bonds is 8. The van der Waals surface area contributed by atoms with Gasteiger partial charge < -0.3 is 30.9 Å². The molecule has 0 radical (unpaired) electrons. The molecule has 12 heteroatoms. The van der Waals surface area contributed by atoms with Crippen molar-refractivity contribution < 1.29 is 28.7 Å². The van der Waals surface area contributed by atoms with Crippen molar-refractivity contribution in [3.8, 4) is 5.75 Å². The lowest BCUT2D eigenvalue weighted by Gasteiger charge is -2.34. The van der Waals surface area contributed by atoms with Crippen molar-refractivity contribution in [2.75, 3.05) is 33.3 Å². The molecule has 1 fully saturated rings. The number of hydrogen-bond acceptors (Lipinski definition) is 7. The van der Waals surface area contributed by atoms with Gasteiger partial charge in [-0.15, -0.1) is 0 Å². The summed E-state index contributed by atoms with van der Waals surface area (Å²) in [6.07, 6.45) is 1.29. The number of carbonyl (C=O) groups excluding carboxylic acids is 5. The summed E-state index contributed by atoms with van der Waals surface area (Å²) in [5.74, 6) is -1.63. The molecule has 0 bridgehead atoms. The Hall–Kier alpha value is -4.45. The third kappa shape index (κ3) is 10.8. The molecule has 2 aromatic rings. The van der Waals surface area contributed by atoms with Gasteiger partial charge in [0.1, 0.15) is 23.9 Å². The largest absolute Gasteiger partial charge is 0.497 e. The van der Waals surface area contributed by atoms with Crippen LogP contribution in [0.3, 0.4) is 0 Å². The molecule has 49 heavy (non-hydrogen) atoms. The Kier molecular flexibility index (Phi) is 13.2.